The Labute approximate surface area is 346 Å². The summed E-state index contributed by atoms with van der Waals surface area (Å²) in [6.07, 6.45) is 0. The summed E-state index contributed by atoms with van der Waals surface area (Å²) in [5.41, 5.74) is 4.69. The molecular formula is C49H52O7P2. The van der Waals surface area contributed by atoms with E-state index in [-0.39, 0.29) is 29.5 Å². The fourth-order valence-electron chi connectivity index (χ4n) is 6.37. The number of hydrogen-bond acceptors (Lipinski definition) is 7. The SMILES string of the molecule is CC(C)c1ccccc1OP(Oc1ccccc1C(=O)c1ccccc1OP(Oc1ccccc1C(C)C)Oc1ccccc1C(C)C)Oc1ccccc1C(C)C. The quantitative estimate of drug-likeness (QED) is 0.0632. The van der Waals surface area contributed by atoms with Gasteiger partial charge in [0.1, 0.15) is 34.5 Å². The highest BCUT2D eigenvalue weighted by molar-refractivity contribution is 7.43. The van der Waals surface area contributed by atoms with Crippen molar-refractivity contribution in [1.29, 1.82) is 0 Å². The number of rotatable bonds is 18. The van der Waals surface area contributed by atoms with Gasteiger partial charge in [-0.3, -0.25) is 4.79 Å². The molecule has 0 amide bonds. The van der Waals surface area contributed by atoms with Gasteiger partial charge < -0.3 is 27.1 Å². The smallest absolute Gasteiger partial charge is 0.408 e. The lowest BCUT2D eigenvalue weighted by Gasteiger charge is -2.23. The molecule has 6 aromatic rings. The van der Waals surface area contributed by atoms with Crippen LogP contribution in [0.15, 0.2) is 146 Å². The third kappa shape index (κ3) is 10.6. The second-order valence-electron chi connectivity index (χ2n) is 15.1. The van der Waals surface area contributed by atoms with E-state index in [2.05, 4.69) is 55.4 Å². The molecule has 0 bridgehead atoms. The minimum atomic E-state index is -2.10. The summed E-state index contributed by atoms with van der Waals surface area (Å²) in [5.74, 6) is 3.68. The average molecular weight is 815 g/mol. The molecule has 0 aliphatic rings. The summed E-state index contributed by atoms with van der Waals surface area (Å²) >= 11 is 0. The van der Waals surface area contributed by atoms with Crippen LogP contribution >= 0.6 is 17.2 Å². The van der Waals surface area contributed by atoms with Crippen molar-refractivity contribution >= 4 is 23.0 Å². The number of ketones is 1. The number of benzene rings is 6. The van der Waals surface area contributed by atoms with E-state index in [0.29, 0.717) is 45.6 Å². The van der Waals surface area contributed by atoms with Crippen molar-refractivity contribution in [3.63, 3.8) is 0 Å². The lowest BCUT2D eigenvalue weighted by molar-refractivity contribution is 0.103. The third-order valence-corrected chi connectivity index (χ3v) is 11.5. The van der Waals surface area contributed by atoms with Gasteiger partial charge in [-0.2, -0.15) is 0 Å². The molecule has 0 radical (unpaired) electrons. The van der Waals surface area contributed by atoms with Gasteiger partial charge in [0, 0.05) is 0 Å². The van der Waals surface area contributed by atoms with Crippen LogP contribution in [0.4, 0.5) is 0 Å². The Kier molecular flexibility index (Phi) is 14.5. The van der Waals surface area contributed by atoms with E-state index in [1.807, 2.05) is 109 Å². The Hall–Kier alpha value is -5.35. The first kappa shape index (κ1) is 42.3. The Morgan fingerprint density at radius 2 is 0.534 bits per heavy atom. The van der Waals surface area contributed by atoms with E-state index in [9.17, 15) is 4.79 Å². The van der Waals surface area contributed by atoms with Crippen LogP contribution in [0, 0.1) is 0 Å². The molecule has 0 heterocycles. The fourth-order valence-corrected chi connectivity index (χ4v) is 8.54. The van der Waals surface area contributed by atoms with E-state index < -0.39 is 17.2 Å². The lowest BCUT2D eigenvalue weighted by Crippen LogP contribution is -2.11. The van der Waals surface area contributed by atoms with Gasteiger partial charge in [0.25, 0.3) is 0 Å². The van der Waals surface area contributed by atoms with Crippen molar-refractivity contribution in [2.75, 3.05) is 0 Å². The zero-order chi connectivity index (χ0) is 41.2. The first-order chi connectivity index (χ1) is 28.0. The molecule has 0 unspecified atom stereocenters. The molecule has 0 spiro atoms. The maximum absolute atomic E-state index is 14.7. The van der Waals surface area contributed by atoms with E-state index in [1.54, 1.807) is 36.4 Å². The predicted octanol–water partition coefficient (Wildman–Crippen LogP) is 14.9. The second kappa shape index (κ2) is 19.9. The van der Waals surface area contributed by atoms with Crippen LogP contribution in [0.3, 0.4) is 0 Å². The molecule has 300 valence electrons. The topological polar surface area (TPSA) is 72.5 Å². The maximum atomic E-state index is 14.7. The van der Waals surface area contributed by atoms with E-state index in [1.165, 1.54) is 0 Å². The zero-order valence-electron chi connectivity index (χ0n) is 34.4. The van der Waals surface area contributed by atoms with Crippen molar-refractivity contribution in [2.45, 2.75) is 79.1 Å². The third-order valence-electron chi connectivity index (χ3n) is 9.46. The maximum Gasteiger partial charge on any atom is 0.530 e. The van der Waals surface area contributed by atoms with Crippen molar-refractivity contribution in [1.82, 2.24) is 0 Å². The first-order valence-corrected chi connectivity index (χ1v) is 22.0. The molecule has 0 aromatic heterocycles. The van der Waals surface area contributed by atoms with Crippen LogP contribution in [0.25, 0.3) is 0 Å². The molecule has 0 saturated heterocycles. The summed E-state index contributed by atoms with van der Waals surface area (Å²) in [6, 6.07) is 45.7. The second-order valence-corrected chi connectivity index (χ2v) is 17.1. The van der Waals surface area contributed by atoms with Crippen LogP contribution < -0.4 is 27.1 Å². The summed E-state index contributed by atoms with van der Waals surface area (Å²) in [5, 5.41) is 0. The Balaban J connectivity index is 1.35. The monoisotopic (exact) mass is 814 g/mol. The fraction of sp³-hybridized carbons (Fsp3) is 0.245. The molecule has 0 aliphatic carbocycles. The van der Waals surface area contributed by atoms with Gasteiger partial charge in [-0.15, -0.1) is 0 Å². The number of carbonyl (C=O) groups excluding carboxylic acids is 1. The molecule has 0 N–H and O–H groups in total. The highest BCUT2D eigenvalue weighted by Crippen LogP contribution is 2.49. The van der Waals surface area contributed by atoms with Gasteiger partial charge in [-0.1, -0.05) is 152 Å². The van der Waals surface area contributed by atoms with Gasteiger partial charge in [0.2, 0.25) is 5.78 Å². The molecule has 7 nitrogen and oxygen atoms in total. The highest BCUT2D eigenvalue weighted by atomic mass is 31.2. The van der Waals surface area contributed by atoms with Crippen molar-refractivity contribution in [3.8, 4) is 34.5 Å². The molecule has 58 heavy (non-hydrogen) atoms. The van der Waals surface area contributed by atoms with E-state index in [0.717, 1.165) is 22.3 Å². The van der Waals surface area contributed by atoms with Crippen molar-refractivity contribution < 1.29 is 31.9 Å². The number of hydrogen-bond donors (Lipinski definition) is 0. The molecule has 0 aliphatic heterocycles. The average Bonchev–Trinajstić information content (AvgIpc) is 3.21. The van der Waals surface area contributed by atoms with Crippen molar-refractivity contribution in [3.05, 3.63) is 179 Å². The standard InChI is InChI=1S/C49H52O7P2/c1-33(2)37-21-9-15-27-43(37)51-57(52-44-28-16-10-22-38(44)34(3)4)55-47-31-19-13-25-41(47)49(50)42-26-14-20-32-48(42)56-58(53-45-29-17-11-23-39(45)35(5)6)54-46-30-18-12-24-40(46)36(7)8/h9-36H,1-8H3. The molecule has 0 atom stereocenters. The van der Waals surface area contributed by atoms with Gasteiger partial charge >= 0.3 is 17.2 Å². The van der Waals surface area contributed by atoms with Crippen LogP contribution in [0.2, 0.25) is 0 Å². The molecule has 6 rings (SSSR count). The Bertz CT molecular complexity index is 2020. The first-order valence-electron chi connectivity index (χ1n) is 19.8. The summed E-state index contributed by atoms with van der Waals surface area (Å²) in [4.78, 5) is 14.7. The molecule has 0 fully saturated rings. The molecule has 6 aromatic carbocycles. The predicted molar refractivity (Wildman–Crippen MR) is 236 cm³/mol. The largest absolute Gasteiger partial charge is 0.530 e. The van der Waals surface area contributed by atoms with Gasteiger partial charge in [-0.25, -0.2) is 0 Å². The van der Waals surface area contributed by atoms with E-state index in [4.69, 9.17) is 27.1 Å². The normalized spacial score (nSPS) is 11.4. The van der Waals surface area contributed by atoms with Crippen LogP contribution in [-0.4, -0.2) is 5.78 Å². The molecule has 0 saturated carbocycles. The summed E-state index contributed by atoms with van der Waals surface area (Å²) in [6.45, 7) is 16.9. The minimum Gasteiger partial charge on any atom is -0.408 e. The zero-order valence-corrected chi connectivity index (χ0v) is 36.2. The molecule has 9 heteroatoms. The number of carbonyl (C=O) groups is 1. The van der Waals surface area contributed by atoms with Gasteiger partial charge in [-0.05, 0) is 94.5 Å². The molecular weight excluding hydrogens is 762 g/mol. The van der Waals surface area contributed by atoms with E-state index >= 15 is 0 Å². The summed E-state index contributed by atoms with van der Waals surface area (Å²) < 4.78 is 39.6. The minimum absolute atomic E-state index is 0.192. The Morgan fingerprint density at radius 3 is 0.793 bits per heavy atom. The van der Waals surface area contributed by atoms with Gasteiger partial charge in [0.05, 0.1) is 11.1 Å². The van der Waals surface area contributed by atoms with Crippen molar-refractivity contribution in [2.24, 2.45) is 0 Å². The number of para-hydroxylation sites is 6. The van der Waals surface area contributed by atoms with Crippen LogP contribution in [-0.2, 0) is 0 Å². The van der Waals surface area contributed by atoms with Gasteiger partial charge in [0.15, 0.2) is 0 Å². The van der Waals surface area contributed by atoms with Crippen LogP contribution in [0.1, 0.15) is 117 Å². The van der Waals surface area contributed by atoms with Crippen LogP contribution in [0.5, 0.6) is 34.5 Å². The summed E-state index contributed by atoms with van der Waals surface area (Å²) in [7, 11) is -4.19. The Morgan fingerprint density at radius 1 is 0.328 bits per heavy atom. The highest BCUT2D eigenvalue weighted by Gasteiger charge is 2.30. The lowest BCUT2D eigenvalue weighted by atomic mass is 10.0.